The largest absolute Gasteiger partial charge is 0.494 e. The van der Waals surface area contributed by atoms with Crippen LogP contribution in [0.1, 0.15) is 40.3 Å². The molecular weight excluding hydrogens is 404 g/mol. The molecule has 1 saturated heterocycles. The van der Waals surface area contributed by atoms with Crippen LogP contribution in [0.3, 0.4) is 0 Å². The quantitative estimate of drug-likeness (QED) is 0.613. The van der Waals surface area contributed by atoms with Gasteiger partial charge in [0.25, 0.3) is 5.91 Å². The van der Waals surface area contributed by atoms with Gasteiger partial charge in [0, 0.05) is 37.5 Å². The van der Waals surface area contributed by atoms with Crippen LogP contribution in [0.25, 0.3) is 0 Å². The van der Waals surface area contributed by atoms with Gasteiger partial charge in [0.15, 0.2) is 0 Å². The Morgan fingerprint density at radius 2 is 2.06 bits per heavy atom. The zero-order valence-electron chi connectivity index (χ0n) is 18.5. The molecule has 0 unspecified atom stereocenters. The van der Waals surface area contributed by atoms with Gasteiger partial charge >= 0.3 is 0 Å². The molecule has 1 atom stereocenters. The van der Waals surface area contributed by atoms with Gasteiger partial charge in [0.1, 0.15) is 17.7 Å². The number of carbonyl (C=O) groups excluding carboxylic acids is 1. The summed E-state index contributed by atoms with van der Waals surface area (Å²) in [7, 11) is 1.79. The van der Waals surface area contributed by atoms with E-state index in [1.807, 2.05) is 42.2 Å². The molecule has 32 heavy (non-hydrogen) atoms. The molecule has 1 aromatic carbocycles. The highest BCUT2D eigenvalue weighted by atomic mass is 16.5. The second-order valence-corrected chi connectivity index (χ2v) is 7.60. The number of nitrogens with one attached hydrogen (secondary N) is 1. The topological polar surface area (TPSA) is 76.6 Å². The third kappa shape index (κ3) is 5.23. The van der Waals surface area contributed by atoms with Gasteiger partial charge in [-0.15, -0.1) is 0 Å². The molecular formula is C25H28N4O3. The minimum atomic E-state index is -0.251. The van der Waals surface area contributed by atoms with Crippen LogP contribution in [0, 0.1) is 0 Å². The summed E-state index contributed by atoms with van der Waals surface area (Å²) in [5.74, 6) is 1.52. The Labute approximate surface area is 188 Å². The van der Waals surface area contributed by atoms with Crippen LogP contribution in [0.5, 0.6) is 5.75 Å². The van der Waals surface area contributed by atoms with Crippen molar-refractivity contribution in [3.05, 3.63) is 83.3 Å². The van der Waals surface area contributed by atoms with Crippen molar-refractivity contribution >= 4 is 11.7 Å². The predicted molar refractivity (Wildman–Crippen MR) is 123 cm³/mol. The molecule has 7 nitrogen and oxygen atoms in total. The molecule has 0 bridgehead atoms. The molecule has 0 aliphatic carbocycles. The number of morpholine rings is 1. The van der Waals surface area contributed by atoms with Gasteiger partial charge in [-0.3, -0.25) is 9.78 Å². The van der Waals surface area contributed by atoms with Crippen molar-refractivity contribution < 1.29 is 14.3 Å². The van der Waals surface area contributed by atoms with E-state index >= 15 is 0 Å². The van der Waals surface area contributed by atoms with Crippen LogP contribution < -0.4 is 10.1 Å². The molecule has 3 heterocycles. The lowest BCUT2D eigenvalue weighted by Crippen LogP contribution is -2.42. The fourth-order valence-electron chi connectivity index (χ4n) is 3.75. The number of benzene rings is 1. The number of ether oxygens (including phenoxy) is 2. The summed E-state index contributed by atoms with van der Waals surface area (Å²) in [5.41, 5.74) is 3.59. The number of nitrogens with zero attached hydrogens (tertiary/aromatic N) is 3. The normalized spacial score (nSPS) is 15.9. The van der Waals surface area contributed by atoms with Crippen LogP contribution in [0.15, 0.2) is 60.8 Å². The SMILES string of the molecule is CCOc1ccc(Cc2cccc([C@@H]3CN(C(=O)c4ccnc(NC)c4)CCO3)n2)cc1. The summed E-state index contributed by atoms with van der Waals surface area (Å²) in [5, 5.41) is 2.97. The third-order valence-electron chi connectivity index (χ3n) is 5.39. The molecule has 7 heteroatoms. The first-order valence-corrected chi connectivity index (χ1v) is 10.9. The number of aromatic nitrogens is 2. The fourth-order valence-corrected chi connectivity index (χ4v) is 3.75. The summed E-state index contributed by atoms with van der Waals surface area (Å²) in [4.78, 5) is 23.8. The van der Waals surface area contributed by atoms with Crippen molar-refractivity contribution in [1.29, 1.82) is 0 Å². The van der Waals surface area contributed by atoms with Crippen molar-refractivity contribution in [2.45, 2.75) is 19.4 Å². The van der Waals surface area contributed by atoms with Crippen molar-refractivity contribution in [2.75, 3.05) is 38.7 Å². The van der Waals surface area contributed by atoms with Crippen LogP contribution >= 0.6 is 0 Å². The Morgan fingerprint density at radius 1 is 1.22 bits per heavy atom. The lowest BCUT2D eigenvalue weighted by Gasteiger charge is -2.33. The predicted octanol–water partition coefficient (Wildman–Crippen LogP) is 3.72. The summed E-state index contributed by atoms with van der Waals surface area (Å²) in [6.07, 6.45) is 2.11. The fraction of sp³-hybridized carbons (Fsp3) is 0.320. The zero-order chi connectivity index (χ0) is 22.3. The van der Waals surface area contributed by atoms with E-state index in [-0.39, 0.29) is 12.0 Å². The van der Waals surface area contributed by atoms with Gasteiger partial charge in [0.05, 0.1) is 25.5 Å². The average molecular weight is 433 g/mol. The smallest absolute Gasteiger partial charge is 0.254 e. The van der Waals surface area contributed by atoms with E-state index in [4.69, 9.17) is 14.5 Å². The lowest BCUT2D eigenvalue weighted by molar-refractivity contribution is -0.0247. The van der Waals surface area contributed by atoms with Crippen molar-refractivity contribution in [3.8, 4) is 5.75 Å². The van der Waals surface area contributed by atoms with Gasteiger partial charge in [-0.2, -0.15) is 0 Å². The number of anilines is 1. The van der Waals surface area contributed by atoms with Gasteiger partial charge in [-0.1, -0.05) is 18.2 Å². The molecule has 1 aliphatic rings. The number of pyridine rings is 2. The molecule has 1 amide bonds. The Hall–Kier alpha value is -3.45. The number of hydrogen-bond acceptors (Lipinski definition) is 6. The molecule has 0 saturated carbocycles. The lowest BCUT2D eigenvalue weighted by atomic mass is 10.1. The molecule has 1 N–H and O–H groups in total. The Kier molecular flexibility index (Phi) is 6.97. The van der Waals surface area contributed by atoms with E-state index in [2.05, 4.69) is 22.4 Å². The third-order valence-corrected chi connectivity index (χ3v) is 5.39. The highest BCUT2D eigenvalue weighted by Crippen LogP contribution is 2.23. The second-order valence-electron chi connectivity index (χ2n) is 7.60. The summed E-state index contributed by atoms with van der Waals surface area (Å²) < 4.78 is 11.5. The van der Waals surface area contributed by atoms with Crippen molar-refractivity contribution in [2.24, 2.45) is 0 Å². The maximum absolute atomic E-state index is 13.0. The number of rotatable bonds is 7. The highest BCUT2D eigenvalue weighted by Gasteiger charge is 2.27. The van der Waals surface area contributed by atoms with E-state index < -0.39 is 0 Å². The monoisotopic (exact) mass is 432 g/mol. The average Bonchev–Trinajstić information content (AvgIpc) is 2.85. The molecule has 0 radical (unpaired) electrons. The van der Waals surface area contributed by atoms with E-state index in [1.54, 1.807) is 25.4 Å². The van der Waals surface area contributed by atoms with Crippen LogP contribution in [0.2, 0.25) is 0 Å². The van der Waals surface area contributed by atoms with E-state index in [1.165, 1.54) is 0 Å². The van der Waals surface area contributed by atoms with Crippen LogP contribution in [0.4, 0.5) is 5.82 Å². The number of amides is 1. The van der Waals surface area contributed by atoms with E-state index in [0.717, 1.165) is 29.1 Å². The molecule has 1 fully saturated rings. The van der Waals surface area contributed by atoms with Crippen molar-refractivity contribution in [3.63, 3.8) is 0 Å². The second kappa shape index (κ2) is 10.2. The first-order valence-electron chi connectivity index (χ1n) is 10.9. The number of carbonyl (C=O) groups is 1. The molecule has 1 aliphatic heterocycles. The van der Waals surface area contributed by atoms with Crippen molar-refractivity contribution in [1.82, 2.24) is 14.9 Å². The highest BCUT2D eigenvalue weighted by molar-refractivity contribution is 5.94. The minimum Gasteiger partial charge on any atom is -0.494 e. The molecule has 3 aromatic rings. The van der Waals surface area contributed by atoms with E-state index in [0.29, 0.717) is 37.7 Å². The molecule has 0 spiro atoms. The molecule has 4 rings (SSSR count). The van der Waals surface area contributed by atoms with Gasteiger partial charge in [-0.25, -0.2) is 4.98 Å². The summed E-state index contributed by atoms with van der Waals surface area (Å²) in [6.45, 7) is 4.13. The van der Waals surface area contributed by atoms with Gasteiger partial charge < -0.3 is 19.7 Å². The Morgan fingerprint density at radius 3 is 2.84 bits per heavy atom. The first-order chi connectivity index (χ1) is 15.7. The molecule has 2 aromatic heterocycles. The minimum absolute atomic E-state index is 0.0252. The maximum atomic E-state index is 13.0. The Bertz CT molecular complexity index is 1060. The first kappa shape index (κ1) is 21.8. The summed E-state index contributed by atoms with van der Waals surface area (Å²) in [6, 6.07) is 17.6. The van der Waals surface area contributed by atoms with Gasteiger partial charge in [-0.05, 0) is 48.9 Å². The van der Waals surface area contributed by atoms with Crippen LogP contribution in [-0.2, 0) is 11.2 Å². The Balaban J connectivity index is 1.44. The van der Waals surface area contributed by atoms with Gasteiger partial charge in [0.2, 0.25) is 0 Å². The number of hydrogen-bond donors (Lipinski definition) is 1. The molecule has 166 valence electrons. The van der Waals surface area contributed by atoms with Crippen LogP contribution in [-0.4, -0.2) is 54.1 Å². The maximum Gasteiger partial charge on any atom is 0.254 e. The zero-order valence-corrected chi connectivity index (χ0v) is 18.5. The standard InChI is InChI=1S/C25H28N4O3/c1-3-31-21-9-7-18(8-10-21)15-20-5-4-6-22(28-20)23-17-29(13-14-32-23)25(30)19-11-12-27-24(16-19)26-2/h4-12,16,23H,3,13-15,17H2,1-2H3,(H,26,27)/t23-/m0/s1. The summed E-state index contributed by atoms with van der Waals surface area (Å²) >= 11 is 0. The van der Waals surface area contributed by atoms with E-state index in [9.17, 15) is 4.79 Å².